The van der Waals surface area contributed by atoms with Crippen LogP contribution in [0.3, 0.4) is 0 Å². The average Bonchev–Trinajstić information content (AvgIpc) is 2.89. The molecule has 118 valence electrons. The molecule has 1 heterocycles. The molecule has 0 spiro atoms. The van der Waals surface area contributed by atoms with Crippen LogP contribution in [-0.2, 0) is 4.79 Å². The number of carboxylic acid groups (broad SMARTS) is 1. The van der Waals surface area contributed by atoms with Crippen LogP contribution in [0.1, 0.15) is 39.5 Å². The number of likely N-dealkylation sites (N-methyl/N-ethyl adjacent to an activating group) is 2. The maximum Gasteiger partial charge on any atom is 0.323 e. The Bertz CT molecular complexity index is 293. The molecule has 1 rings (SSSR count). The van der Waals surface area contributed by atoms with Crippen molar-refractivity contribution in [2.75, 3.05) is 46.3 Å². The van der Waals surface area contributed by atoms with Crippen molar-refractivity contribution in [1.29, 1.82) is 0 Å². The van der Waals surface area contributed by atoms with Gasteiger partial charge in [-0.2, -0.15) is 0 Å². The summed E-state index contributed by atoms with van der Waals surface area (Å²) in [5.74, 6) is -0.751. The van der Waals surface area contributed by atoms with Crippen LogP contribution in [0.25, 0.3) is 0 Å². The van der Waals surface area contributed by atoms with E-state index in [-0.39, 0.29) is 0 Å². The van der Waals surface area contributed by atoms with Crippen molar-refractivity contribution in [3.63, 3.8) is 0 Å². The van der Waals surface area contributed by atoms with E-state index in [9.17, 15) is 9.90 Å². The van der Waals surface area contributed by atoms with Crippen molar-refractivity contribution >= 4 is 5.97 Å². The van der Waals surface area contributed by atoms with Crippen LogP contribution in [0.5, 0.6) is 0 Å². The number of rotatable bonds is 10. The molecule has 2 N–H and O–H groups in total. The fourth-order valence-corrected chi connectivity index (χ4v) is 2.79. The van der Waals surface area contributed by atoms with Crippen molar-refractivity contribution in [1.82, 2.24) is 15.1 Å². The minimum Gasteiger partial charge on any atom is -0.480 e. The molecule has 1 aliphatic heterocycles. The standard InChI is InChI=1S/C15H31N3O2/c1-4-16-15(2,14(19)20)8-7-9-17(3)12-13-18-10-5-6-11-18/h16H,4-13H2,1-3H3,(H,19,20). The smallest absolute Gasteiger partial charge is 0.323 e. The third-order valence-corrected chi connectivity index (χ3v) is 4.25. The van der Waals surface area contributed by atoms with Gasteiger partial charge in [-0.05, 0) is 65.8 Å². The summed E-state index contributed by atoms with van der Waals surface area (Å²) in [6.45, 7) is 10.1. The van der Waals surface area contributed by atoms with Crippen molar-refractivity contribution in [2.45, 2.75) is 45.1 Å². The number of likely N-dealkylation sites (tertiary alicyclic amines) is 1. The first kappa shape index (κ1) is 17.4. The molecule has 0 radical (unpaired) electrons. The first-order valence-electron chi connectivity index (χ1n) is 7.87. The fourth-order valence-electron chi connectivity index (χ4n) is 2.79. The van der Waals surface area contributed by atoms with Crippen LogP contribution >= 0.6 is 0 Å². The van der Waals surface area contributed by atoms with Gasteiger partial charge in [0.25, 0.3) is 0 Å². The van der Waals surface area contributed by atoms with E-state index in [1.165, 1.54) is 25.9 Å². The molecule has 0 saturated carbocycles. The third-order valence-electron chi connectivity index (χ3n) is 4.25. The van der Waals surface area contributed by atoms with Gasteiger partial charge in [0.1, 0.15) is 5.54 Å². The predicted octanol–water partition coefficient (Wildman–Crippen LogP) is 1.25. The molecule has 1 unspecified atom stereocenters. The van der Waals surface area contributed by atoms with Gasteiger partial charge in [-0.1, -0.05) is 6.92 Å². The van der Waals surface area contributed by atoms with Gasteiger partial charge in [0, 0.05) is 13.1 Å². The summed E-state index contributed by atoms with van der Waals surface area (Å²) in [5, 5.41) is 12.4. The minimum absolute atomic E-state index is 0.671. The predicted molar refractivity (Wildman–Crippen MR) is 82.1 cm³/mol. The van der Waals surface area contributed by atoms with Crippen LogP contribution in [0, 0.1) is 0 Å². The number of nitrogens with one attached hydrogen (secondary N) is 1. The molecule has 5 heteroatoms. The van der Waals surface area contributed by atoms with E-state index in [0.29, 0.717) is 13.0 Å². The van der Waals surface area contributed by atoms with Gasteiger partial charge in [0.15, 0.2) is 0 Å². The van der Waals surface area contributed by atoms with Gasteiger partial charge in [0.05, 0.1) is 0 Å². The van der Waals surface area contributed by atoms with Crippen molar-refractivity contribution in [3.05, 3.63) is 0 Å². The Labute approximate surface area is 123 Å². The van der Waals surface area contributed by atoms with Gasteiger partial charge in [0.2, 0.25) is 0 Å². The summed E-state index contributed by atoms with van der Waals surface area (Å²) in [4.78, 5) is 16.1. The van der Waals surface area contributed by atoms with Crippen LogP contribution in [-0.4, -0.2) is 72.7 Å². The number of hydrogen-bond donors (Lipinski definition) is 2. The Hall–Kier alpha value is -0.650. The molecule has 0 bridgehead atoms. The zero-order valence-electron chi connectivity index (χ0n) is 13.3. The maximum absolute atomic E-state index is 11.3. The fraction of sp³-hybridized carbons (Fsp3) is 0.933. The lowest BCUT2D eigenvalue weighted by Crippen LogP contribution is -2.49. The first-order valence-corrected chi connectivity index (χ1v) is 7.87. The van der Waals surface area contributed by atoms with Gasteiger partial charge < -0.3 is 20.2 Å². The molecule has 0 aliphatic carbocycles. The average molecular weight is 285 g/mol. The van der Waals surface area contributed by atoms with Gasteiger partial charge in [-0.3, -0.25) is 4.79 Å². The van der Waals surface area contributed by atoms with Crippen LogP contribution < -0.4 is 5.32 Å². The minimum atomic E-state index is -0.787. The summed E-state index contributed by atoms with van der Waals surface area (Å²) in [6, 6.07) is 0. The molecule has 1 aliphatic rings. The Balaban J connectivity index is 2.19. The van der Waals surface area contributed by atoms with Gasteiger partial charge in [-0.25, -0.2) is 0 Å². The Morgan fingerprint density at radius 3 is 2.55 bits per heavy atom. The monoisotopic (exact) mass is 285 g/mol. The van der Waals surface area contributed by atoms with Crippen LogP contribution in [0.2, 0.25) is 0 Å². The van der Waals surface area contributed by atoms with E-state index in [1.807, 2.05) is 6.92 Å². The topological polar surface area (TPSA) is 55.8 Å². The number of carbonyl (C=O) groups is 1. The Kier molecular flexibility index (Phi) is 7.48. The maximum atomic E-state index is 11.3. The van der Waals surface area contributed by atoms with Crippen LogP contribution in [0.4, 0.5) is 0 Å². The molecule has 0 amide bonds. The second-order valence-corrected chi connectivity index (χ2v) is 6.12. The summed E-state index contributed by atoms with van der Waals surface area (Å²) in [6.07, 6.45) is 4.25. The normalized spacial score (nSPS) is 19.4. The molecule has 1 saturated heterocycles. The Morgan fingerprint density at radius 1 is 1.35 bits per heavy atom. The summed E-state index contributed by atoms with van der Waals surface area (Å²) < 4.78 is 0. The molecule has 1 atom stereocenters. The van der Waals surface area contributed by atoms with Gasteiger partial charge in [-0.15, -0.1) is 0 Å². The zero-order chi connectivity index (χ0) is 15.0. The van der Waals surface area contributed by atoms with Crippen molar-refractivity contribution < 1.29 is 9.90 Å². The summed E-state index contributed by atoms with van der Waals surface area (Å²) in [5.41, 5.74) is -0.787. The quantitative estimate of drug-likeness (QED) is 0.632. The van der Waals surface area contributed by atoms with E-state index in [0.717, 1.165) is 26.1 Å². The third kappa shape index (κ3) is 5.77. The molecule has 0 aromatic rings. The number of aliphatic carboxylic acids is 1. The van der Waals surface area contributed by atoms with Crippen LogP contribution in [0.15, 0.2) is 0 Å². The lowest BCUT2D eigenvalue weighted by Gasteiger charge is -2.27. The second kappa shape index (κ2) is 8.60. The summed E-state index contributed by atoms with van der Waals surface area (Å²) in [7, 11) is 2.13. The van der Waals surface area contributed by atoms with E-state index in [1.54, 1.807) is 6.92 Å². The SMILES string of the molecule is CCNC(C)(CCCN(C)CCN1CCCC1)C(=O)O. The molecule has 0 aromatic carbocycles. The van der Waals surface area contributed by atoms with E-state index < -0.39 is 11.5 Å². The molecular weight excluding hydrogens is 254 g/mol. The molecule has 0 aromatic heterocycles. The largest absolute Gasteiger partial charge is 0.480 e. The highest BCUT2D eigenvalue weighted by molar-refractivity contribution is 5.78. The lowest BCUT2D eigenvalue weighted by atomic mass is 9.96. The number of hydrogen-bond acceptors (Lipinski definition) is 4. The molecular formula is C15H31N3O2. The lowest BCUT2D eigenvalue weighted by molar-refractivity contribution is -0.144. The highest BCUT2D eigenvalue weighted by Crippen LogP contribution is 2.13. The zero-order valence-corrected chi connectivity index (χ0v) is 13.3. The van der Waals surface area contributed by atoms with E-state index in [4.69, 9.17) is 0 Å². The van der Waals surface area contributed by atoms with Crippen molar-refractivity contribution in [2.24, 2.45) is 0 Å². The number of carboxylic acids is 1. The van der Waals surface area contributed by atoms with E-state index in [2.05, 4.69) is 22.2 Å². The molecule has 20 heavy (non-hydrogen) atoms. The Morgan fingerprint density at radius 2 is 2.00 bits per heavy atom. The molecule has 5 nitrogen and oxygen atoms in total. The second-order valence-electron chi connectivity index (χ2n) is 6.12. The summed E-state index contributed by atoms with van der Waals surface area (Å²) >= 11 is 0. The highest BCUT2D eigenvalue weighted by Gasteiger charge is 2.31. The van der Waals surface area contributed by atoms with Gasteiger partial charge >= 0.3 is 5.97 Å². The van der Waals surface area contributed by atoms with Crippen molar-refractivity contribution in [3.8, 4) is 0 Å². The van der Waals surface area contributed by atoms with E-state index >= 15 is 0 Å². The number of nitrogens with zero attached hydrogens (tertiary/aromatic N) is 2. The highest BCUT2D eigenvalue weighted by atomic mass is 16.4. The molecule has 1 fully saturated rings. The first-order chi connectivity index (χ1) is 9.48.